The molecule has 566 valence electrons. The Balaban J connectivity index is 0.000000111. The molecule has 0 spiro atoms. The number of rotatable bonds is 10. The van der Waals surface area contributed by atoms with Crippen LogP contribution in [0.15, 0.2) is 274 Å². The number of benzene rings is 8. The lowest BCUT2D eigenvalue weighted by Crippen LogP contribution is -2.26. The maximum Gasteiger partial charge on any atom is 0.215 e. The fraction of sp³-hybridized carbons (Fsp3) is 0.0968. The number of halogens is 8. The van der Waals surface area contributed by atoms with Gasteiger partial charge in [0, 0.05) is 153 Å². The van der Waals surface area contributed by atoms with Crippen molar-refractivity contribution < 1.29 is 39.9 Å². The maximum atomic E-state index is 16.0. The van der Waals surface area contributed by atoms with Crippen molar-refractivity contribution in [1.82, 2.24) is 49.0 Å². The number of hydrogen-bond acceptors (Lipinski definition) is 12. The molecule has 1 N–H and O–H groups in total. The molecule has 8 aromatic carbocycles. The number of para-hydroxylation sites is 3. The average molecular weight is 1530 g/mol. The number of nitrogens with one attached hydrogen (secondary N) is 1. The van der Waals surface area contributed by atoms with E-state index in [4.69, 9.17) is 4.74 Å². The number of anilines is 5. The Morgan fingerprint density at radius 2 is 0.809 bits per heavy atom. The van der Waals surface area contributed by atoms with Crippen molar-refractivity contribution >= 4 is 93.9 Å². The average Bonchev–Trinajstić information content (AvgIpc) is 1.75. The van der Waals surface area contributed by atoms with E-state index in [0.717, 1.165) is 81.4 Å². The van der Waals surface area contributed by atoms with E-state index in [1.54, 1.807) is 138 Å². The van der Waals surface area contributed by atoms with Crippen molar-refractivity contribution in [2.24, 2.45) is 0 Å². The maximum absolute atomic E-state index is 16.0. The molecule has 0 radical (unpaired) electrons. The number of methoxy groups -OCH3 is 1. The first kappa shape index (κ1) is 73.5. The van der Waals surface area contributed by atoms with Crippen LogP contribution in [-0.2, 0) is 12.8 Å². The summed E-state index contributed by atoms with van der Waals surface area (Å²) in [6.07, 6.45) is 17.5. The van der Waals surface area contributed by atoms with Gasteiger partial charge in [-0.05, 0) is 159 Å². The number of fused-ring (bicyclic) bond motifs is 8. The zero-order chi connectivity index (χ0) is 79.0. The van der Waals surface area contributed by atoms with Gasteiger partial charge < -0.3 is 29.0 Å². The number of hydrogen-bond donors (Lipinski definition) is 1. The molecule has 0 bridgehead atoms. The van der Waals surface area contributed by atoms with Gasteiger partial charge in [0.1, 0.15) is 46.0 Å². The summed E-state index contributed by atoms with van der Waals surface area (Å²) in [6.45, 7) is 3.34. The van der Waals surface area contributed by atoms with Crippen LogP contribution in [0.2, 0.25) is 0 Å². The fourth-order valence-electron chi connectivity index (χ4n) is 15.3. The lowest BCUT2D eigenvalue weighted by atomic mass is 9.98. The molecule has 12 heterocycles. The zero-order valence-corrected chi connectivity index (χ0v) is 62.0. The summed E-state index contributed by atoms with van der Waals surface area (Å²) in [5.74, 6) is -3.78. The highest BCUT2D eigenvalue weighted by Crippen LogP contribution is 2.46. The van der Waals surface area contributed by atoms with Gasteiger partial charge in [-0.1, -0.05) is 103 Å². The molecule has 0 fully saturated rings. The van der Waals surface area contributed by atoms with Crippen molar-refractivity contribution in [2.45, 2.75) is 32.6 Å². The fourth-order valence-corrected chi connectivity index (χ4v) is 15.3. The first-order valence-electron chi connectivity index (χ1n) is 37.1. The van der Waals surface area contributed by atoms with Gasteiger partial charge in [-0.25, -0.2) is 60.0 Å². The quantitative estimate of drug-likeness (QED) is 0.130. The number of nitrogens with zero attached hydrogens (tertiary/aromatic N) is 12. The van der Waals surface area contributed by atoms with Crippen LogP contribution in [0.25, 0.3) is 122 Å². The number of aryl methyl sites for hydroxylation is 2. The molecule has 2 aliphatic heterocycles. The highest BCUT2D eigenvalue weighted by Gasteiger charge is 2.31. The summed E-state index contributed by atoms with van der Waals surface area (Å²) in [7, 11) is 3.33. The van der Waals surface area contributed by atoms with Crippen molar-refractivity contribution in [3.63, 3.8) is 0 Å². The van der Waals surface area contributed by atoms with Crippen LogP contribution in [0.1, 0.15) is 29.7 Å². The van der Waals surface area contributed by atoms with Gasteiger partial charge in [-0.15, -0.1) is 0 Å². The first-order valence-corrected chi connectivity index (χ1v) is 37.1. The molecule has 0 aliphatic carbocycles. The molecule has 0 saturated heterocycles. The van der Waals surface area contributed by atoms with Gasteiger partial charge in [-0.2, -0.15) is 0 Å². The lowest BCUT2D eigenvalue weighted by Gasteiger charge is -2.33. The predicted molar refractivity (Wildman–Crippen MR) is 438 cm³/mol. The van der Waals surface area contributed by atoms with Crippen LogP contribution in [0.5, 0.6) is 5.88 Å². The second-order valence-corrected chi connectivity index (χ2v) is 27.4. The summed E-state index contributed by atoms with van der Waals surface area (Å²) in [5, 5.41) is 7.47. The first-order chi connectivity index (χ1) is 56.2. The summed E-state index contributed by atoms with van der Waals surface area (Å²) < 4.78 is 130. The molecule has 2 aliphatic rings. The van der Waals surface area contributed by atoms with E-state index in [0.29, 0.717) is 85.3 Å². The van der Waals surface area contributed by atoms with Gasteiger partial charge in [-0.3, -0.25) is 15.0 Å². The third kappa shape index (κ3) is 13.8. The molecule has 0 unspecified atom stereocenters. The molecule has 0 amide bonds. The molecular formula is C93H67F8N13O. The predicted octanol–water partition coefficient (Wildman–Crippen LogP) is 22.7. The van der Waals surface area contributed by atoms with Crippen LogP contribution in [0.4, 0.5) is 63.6 Å². The third-order valence-electron chi connectivity index (χ3n) is 20.7. The van der Waals surface area contributed by atoms with E-state index in [9.17, 15) is 17.6 Å². The van der Waals surface area contributed by atoms with Gasteiger partial charge in [0.05, 0.1) is 63.0 Å². The number of ether oxygens (including phenoxy) is 1. The standard InChI is InChI=1S/C24H19F2N3.C23H16F2N4.C23H15F2N3O.C23H17F2N3/c1-15-16-9-6-14-29(21(16)12-13-27-15)24-18-8-3-5-11-20(18)28-23(22(24)26)17-7-2-4-10-19(17)25;1-26-15-6-7-17-19(12-15)28-22(16-4-2-3-5-18(16)24)21(25)23(17)29-11-9-14-13-27-10-8-20(14)29;1-29-20-12-19-14(13-26-20)10-11-28(19)23-16-7-3-5-9-18(16)27-22(21(23)25)15-6-2-4-8-17(15)24;24-18-9-3-1-7-16(18)22-21(25)23(17-8-2-4-10-19(17)27-22)28-13-5-6-15-14-26-12-11-20(15)28/h2-5,7-8,10-13H,6,9,14H2,1H3;2-13,26H,1H3;2-13H,1H3;1-4,7-12,14H,5-6,13H2. The molecule has 18 aromatic rings. The largest absolute Gasteiger partial charge is 0.481 e. The van der Waals surface area contributed by atoms with Crippen LogP contribution in [-0.4, -0.2) is 76.3 Å². The Morgan fingerprint density at radius 3 is 1.33 bits per heavy atom. The van der Waals surface area contributed by atoms with Gasteiger partial charge in [0.15, 0.2) is 23.3 Å². The van der Waals surface area contributed by atoms with Crippen LogP contribution < -0.4 is 19.9 Å². The SMILES string of the molecule is CNc1ccc2c(-n3ccc4cnccc43)c(F)c(-c3ccccc3F)nc2c1.COc1cc2c(ccn2-c2c(F)c(-c3ccccc3F)nc3ccccc23)cn1.Cc1nccc2c1CCCN2c1c(F)c(-c2ccccc2F)nc2ccccc12.Fc1ccccc1-c1nc2ccccc2c(N2CCCc3cnccc32)c1F. The number of pyridine rings is 8. The molecule has 10 aromatic heterocycles. The second-order valence-electron chi connectivity index (χ2n) is 27.4. The van der Waals surface area contributed by atoms with Crippen LogP contribution in [0, 0.1) is 53.5 Å². The molecule has 14 nitrogen and oxygen atoms in total. The van der Waals surface area contributed by atoms with E-state index in [2.05, 4.69) is 45.2 Å². The summed E-state index contributed by atoms with van der Waals surface area (Å²) in [4.78, 5) is 38.8. The highest BCUT2D eigenvalue weighted by molar-refractivity contribution is 6.00. The van der Waals surface area contributed by atoms with Gasteiger partial charge in [0.2, 0.25) is 5.88 Å². The van der Waals surface area contributed by atoms with E-state index in [1.807, 2.05) is 132 Å². The molecule has 0 atom stereocenters. The monoisotopic (exact) mass is 1530 g/mol. The Bertz CT molecular complexity index is 6790. The third-order valence-corrected chi connectivity index (χ3v) is 20.7. The highest BCUT2D eigenvalue weighted by atomic mass is 19.2. The van der Waals surface area contributed by atoms with Crippen molar-refractivity contribution in [3.05, 3.63) is 337 Å². The van der Waals surface area contributed by atoms with Crippen molar-refractivity contribution in [2.75, 3.05) is 42.4 Å². The second kappa shape index (κ2) is 31.5. The Kier molecular flexibility index (Phi) is 20.1. The molecule has 0 saturated carbocycles. The van der Waals surface area contributed by atoms with Crippen molar-refractivity contribution in [3.8, 4) is 62.3 Å². The number of aromatic nitrogens is 10. The Morgan fingerprint density at radius 1 is 0.383 bits per heavy atom. The lowest BCUT2D eigenvalue weighted by molar-refractivity contribution is 0.398. The minimum Gasteiger partial charge on any atom is -0.481 e. The minimum absolute atomic E-state index is 0.0187. The van der Waals surface area contributed by atoms with Gasteiger partial charge >= 0.3 is 0 Å². The summed E-state index contributed by atoms with van der Waals surface area (Å²) in [6, 6.07) is 63.2. The Hall–Kier alpha value is -14.3. The molecule has 20 rings (SSSR count). The van der Waals surface area contributed by atoms with Gasteiger partial charge in [0.25, 0.3) is 0 Å². The summed E-state index contributed by atoms with van der Waals surface area (Å²) >= 11 is 0. The van der Waals surface area contributed by atoms with E-state index >= 15 is 17.6 Å². The van der Waals surface area contributed by atoms with E-state index in [-0.39, 0.29) is 45.0 Å². The van der Waals surface area contributed by atoms with Crippen LogP contribution >= 0.6 is 0 Å². The molecule has 22 heteroatoms. The molecular weight excluding hydrogens is 1470 g/mol. The van der Waals surface area contributed by atoms with E-state index < -0.39 is 46.5 Å². The normalized spacial score (nSPS) is 12.4. The van der Waals surface area contributed by atoms with E-state index in [1.165, 1.54) is 43.5 Å². The Labute approximate surface area is 654 Å². The zero-order valence-electron chi connectivity index (χ0n) is 62.0. The van der Waals surface area contributed by atoms with Crippen molar-refractivity contribution in [1.29, 1.82) is 0 Å². The minimum atomic E-state index is -0.595. The molecule has 115 heavy (non-hydrogen) atoms. The smallest absolute Gasteiger partial charge is 0.215 e. The van der Waals surface area contributed by atoms with Crippen LogP contribution in [0.3, 0.4) is 0 Å². The topological polar surface area (TPSA) is 141 Å². The summed E-state index contributed by atoms with van der Waals surface area (Å²) in [5.41, 5.74) is 12.0.